The van der Waals surface area contributed by atoms with E-state index in [1.165, 1.54) is 29.5 Å². The molecule has 4 nitrogen and oxygen atoms in total. The molecule has 4 rings (SSSR count). The molecule has 1 aromatic heterocycles. The van der Waals surface area contributed by atoms with E-state index in [0.717, 1.165) is 16.2 Å². The molecule has 0 spiro atoms. The highest BCUT2D eigenvalue weighted by molar-refractivity contribution is 7.22. The molecule has 0 atom stereocenters. The lowest BCUT2D eigenvalue weighted by Gasteiger charge is -2.11. The van der Waals surface area contributed by atoms with Crippen molar-refractivity contribution in [1.29, 1.82) is 0 Å². The molecule has 0 unspecified atom stereocenters. The van der Waals surface area contributed by atoms with E-state index in [2.05, 4.69) is 0 Å². The van der Waals surface area contributed by atoms with Crippen molar-refractivity contribution in [3.05, 3.63) is 83.7 Å². The summed E-state index contributed by atoms with van der Waals surface area (Å²) >= 11 is 1.32. The van der Waals surface area contributed by atoms with Crippen LogP contribution >= 0.6 is 11.3 Å². The van der Waals surface area contributed by atoms with Crippen LogP contribution in [0.25, 0.3) is 26.6 Å². The van der Waals surface area contributed by atoms with Crippen molar-refractivity contribution in [3.8, 4) is 27.7 Å². The van der Waals surface area contributed by atoms with Crippen LogP contribution in [0.15, 0.2) is 66.7 Å². The smallest absolute Gasteiger partial charge is 0.328 e. The molecule has 0 fully saturated rings. The topological polar surface area (TPSA) is 66.8 Å². The average molecular weight is 452 g/mol. The van der Waals surface area contributed by atoms with Gasteiger partial charge in [0, 0.05) is 28.1 Å². The Morgan fingerprint density at radius 2 is 1.84 bits per heavy atom. The maximum atomic E-state index is 14.1. The number of ether oxygens (including phenoxy) is 1. The molecule has 0 aliphatic rings. The molecule has 0 aliphatic carbocycles. The van der Waals surface area contributed by atoms with Gasteiger partial charge in [0.1, 0.15) is 17.3 Å². The normalized spacial score (nSPS) is 11.3. The second-order valence-corrected chi connectivity index (χ2v) is 8.08. The zero-order chi connectivity index (χ0) is 22.7. The molecule has 4 aromatic rings. The predicted octanol–water partition coefficient (Wildman–Crippen LogP) is 6.82. The first-order valence-electron chi connectivity index (χ1n) is 9.74. The number of phenolic OH excluding ortho intramolecular Hbond substituents is 1. The summed E-state index contributed by atoms with van der Waals surface area (Å²) in [5.74, 6) is -0.417. The lowest BCUT2D eigenvalue weighted by Crippen LogP contribution is -1.93. The van der Waals surface area contributed by atoms with Crippen LogP contribution in [0.5, 0.6) is 17.2 Å². The minimum Gasteiger partial charge on any atom is -0.508 e. The zero-order valence-corrected chi connectivity index (χ0v) is 17.5. The van der Waals surface area contributed by atoms with Gasteiger partial charge in [-0.25, -0.2) is 9.18 Å². The van der Waals surface area contributed by atoms with Crippen molar-refractivity contribution in [1.82, 2.24) is 0 Å². The molecule has 0 saturated heterocycles. The fraction of sp³-hybridized carbons (Fsp3) is 0.0800. The van der Waals surface area contributed by atoms with Crippen molar-refractivity contribution in [2.75, 3.05) is 6.67 Å². The molecule has 162 valence electrons. The van der Waals surface area contributed by atoms with Crippen LogP contribution < -0.4 is 4.74 Å². The van der Waals surface area contributed by atoms with Gasteiger partial charge in [-0.1, -0.05) is 18.2 Å². The zero-order valence-electron chi connectivity index (χ0n) is 16.7. The Morgan fingerprint density at radius 1 is 1.06 bits per heavy atom. The molecule has 2 N–H and O–H groups in total. The monoisotopic (exact) mass is 452 g/mol. The summed E-state index contributed by atoms with van der Waals surface area (Å²) < 4.78 is 34.2. The largest absolute Gasteiger partial charge is 0.508 e. The van der Waals surface area contributed by atoms with Gasteiger partial charge in [0.05, 0.1) is 11.6 Å². The Kier molecular flexibility index (Phi) is 6.18. The van der Waals surface area contributed by atoms with Gasteiger partial charge in [0.15, 0.2) is 5.75 Å². The highest BCUT2D eigenvalue weighted by atomic mass is 32.1. The standard InChI is InChI=1S/C25H18F2O4S/c26-12-11-16-4-5-17(27)13-21(16)25-24(20-9-6-18(28)14-22(20)32-25)31-19-7-1-15(2-8-19)3-10-23(29)30/h1-10,13-14,28H,11-12H2,(H,29,30)/b10-3+. The van der Waals surface area contributed by atoms with E-state index in [4.69, 9.17) is 9.84 Å². The number of phenols is 1. The van der Waals surface area contributed by atoms with Crippen LogP contribution in [0, 0.1) is 5.82 Å². The number of aryl methyl sites for hydroxylation is 1. The van der Waals surface area contributed by atoms with Crippen molar-refractivity contribution in [3.63, 3.8) is 0 Å². The van der Waals surface area contributed by atoms with Gasteiger partial charge in [-0.2, -0.15) is 0 Å². The number of aromatic hydroxyl groups is 1. The molecule has 1 heterocycles. The minimum absolute atomic E-state index is 0.0923. The molecule has 0 radical (unpaired) electrons. The van der Waals surface area contributed by atoms with Crippen molar-refractivity contribution < 1.29 is 28.5 Å². The predicted molar refractivity (Wildman–Crippen MR) is 122 cm³/mol. The number of thiophene rings is 1. The lowest BCUT2D eigenvalue weighted by atomic mass is 10.0. The molecule has 3 aromatic carbocycles. The molecule has 0 amide bonds. The maximum absolute atomic E-state index is 14.1. The van der Waals surface area contributed by atoms with Gasteiger partial charge in [-0.15, -0.1) is 11.3 Å². The Labute approximate surface area is 186 Å². The van der Waals surface area contributed by atoms with E-state index >= 15 is 0 Å². The molecule has 0 aliphatic heterocycles. The first-order chi connectivity index (χ1) is 15.4. The van der Waals surface area contributed by atoms with E-state index in [1.54, 1.807) is 48.5 Å². The number of benzene rings is 3. The number of carboxylic acid groups (broad SMARTS) is 1. The Morgan fingerprint density at radius 3 is 2.56 bits per heavy atom. The van der Waals surface area contributed by atoms with Crippen LogP contribution in [0.1, 0.15) is 11.1 Å². The van der Waals surface area contributed by atoms with E-state index in [1.807, 2.05) is 0 Å². The summed E-state index contributed by atoms with van der Waals surface area (Å²) in [6.07, 6.45) is 2.65. The first-order valence-corrected chi connectivity index (χ1v) is 10.6. The van der Waals surface area contributed by atoms with Crippen LogP contribution in [0.4, 0.5) is 8.78 Å². The number of halogens is 2. The number of aliphatic carboxylic acids is 1. The molecule has 0 saturated carbocycles. The first kappa shape index (κ1) is 21.5. The number of rotatable bonds is 7. The fourth-order valence-corrected chi connectivity index (χ4v) is 4.57. The number of alkyl halides is 1. The summed E-state index contributed by atoms with van der Waals surface area (Å²) in [5.41, 5.74) is 1.89. The Balaban J connectivity index is 1.81. The van der Waals surface area contributed by atoms with Crippen LogP contribution in [-0.4, -0.2) is 22.9 Å². The maximum Gasteiger partial charge on any atom is 0.328 e. The lowest BCUT2D eigenvalue weighted by molar-refractivity contribution is -0.131. The highest BCUT2D eigenvalue weighted by Crippen LogP contribution is 2.48. The SMILES string of the molecule is O=C(O)/C=C/c1ccc(Oc2c(-c3cc(F)ccc3CCF)sc3cc(O)ccc23)cc1. The average Bonchev–Trinajstić information content (AvgIpc) is 3.11. The third-order valence-electron chi connectivity index (χ3n) is 4.83. The van der Waals surface area contributed by atoms with Crippen LogP contribution in [0.3, 0.4) is 0 Å². The van der Waals surface area contributed by atoms with E-state index < -0.39 is 18.5 Å². The number of carboxylic acids is 1. The van der Waals surface area contributed by atoms with Crippen molar-refractivity contribution in [2.45, 2.75) is 6.42 Å². The third-order valence-corrected chi connectivity index (χ3v) is 5.99. The molecule has 7 heteroatoms. The van der Waals surface area contributed by atoms with Gasteiger partial charge in [0.25, 0.3) is 0 Å². The van der Waals surface area contributed by atoms with E-state index in [-0.39, 0.29) is 12.2 Å². The van der Waals surface area contributed by atoms with E-state index in [0.29, 0.717) is 33.1 Å². The molecule has 32 heavy (non-hydrogen) atoms. The summed E-state index contributed by atoms with van der Waals surface area (Å²) in [6, 6.07) is 15.9. The summed E-state index contributed by atoms with van der Waals surface area (Å²) in [5, 5.41) is 19.4. The Hall–Kier alpha value is -3.71. The molecular weight excluding hydrogens is 434 g/mol. The summed E-state index contributed by atoms with van der Waals surface area (Å²) in [7, 11) is 0. The van der Waals surface area contributed by atoms with Gasteiger partial charge in [-0.05, 0) is 59.7 Å². The second kappa shape index (κ2) is 9.20. The van der Waals surface area contributed by atoms with Crippen molar-refractivity contribution >= 4 is 33.5 Å². The quantitative estimate of drug-likeness (QED) is 0.302. The second-order valence-electron chi connectivity index (χ2n) is 7.02. The Bertz CT molecular complexity index is 1310. The van der Waals surface area contributed by atoms with Crippen LogP contribution in [0.2, 0.25) is 0 Å². The van der Waals surface area contributed by atoms with Crippen LogP contribution in [-0.2, 0) is 11.2 Å². The van der Waals surface area contributed by atoms with Crippen molar-refractivity contribution in [2.24, 2.45) is 0 Å². The van der Waals surface area contributed by atoms with Gasteiger partial charge < -0.3 is 14.9 Å². The van der Waals surface area contributed by atoms with Gasteiger partial charge in [-0.3, -0.25) is 4.39 Å². The number of fused-ring (bicyclic) bond motifs is 1. The fourth-order valence-electron chi connectivity index (χ4n) is 3.35. The minimum atomic E-state index is -1.04. The third kappa shape index (κ3) is 4.63. The highest BCUT2D eigenvalue weighted by Gasteiger charge is 2.20. The van der Waals surface area contributed by atoms with Gasteiger partial charge >= 0.3 is 5.97 Å². The molecule has 0 bridgehead atoms. The molecular formula is C25H18F2O4S. The summed E-state index contributed by atoms with van der Waals surface area (Å²) in [4.78, 5) is 11.3. The number of hydrogen-bond acceptors (Lipinski definition) is 4. The number of hydrogen-bond donors (Lipinski definition) is 2. The van der Waals surface area contributed by atoms with Gasteiger partial charge in [0.2, 0.25) is 0 Å². The summed E-state index contributed by atoms with van der Waals surface area (Å²) in [6.45, 7) is -0.578. The van der Waals surface area contributed by atoms with E-state index in [9.17, 15) is 18.7 Å². The number of carbonyl (C=O) groups is 1.